The van der Waals surface area contributed by atoms with Crippen LogP contribution in [0.1, 0.15) is 70.5 Å². The molecule has 0 bridgehead atoms. The van der Waals surface area contributed by atoms with Crippen LogP contribution in [-0.4, -0.2) is 0 Å². The van der Waals surface area contributed by atoms with Crippen LogP contribution in [0.15, 0.2) is 24.3 Å². The molecule has 0 saturated heterocycles. The van der Waals surface area contributed by atoms with E-state index in [-0.39, 0.29) is 6.04 Å². The molecule has 0 saturated carbocycles. The van der Waals surface area contributed by atoms with Crippen LogP contribution in [0.3, 0.4) is 0 Å². The molecule has 0 amide bonds. The minimum Gasteiger partial charge on any atom is -0.271 e. The van der Waals surface area contributed by atoms with Crippen LogP contribution in [0.5, 0.6) is 0 Å². The quantitative estimate of drug-likeness (QED) is 0.511. The molecule has 3 N–H and O–H groups in total. The first-order valence-corrected chi connectivity index (χ1v) is 8.17. The van der Waals surface area contributed by atoms with Crippen LogP contribution in [-0.2, 0) is 6.42 Å². The van der Waals surface area contributed by atoms with E-state index in [2.05, 4.69) is 57.4 Å². The summed E-state index contributed by atoms with van der Waals surface area (Å²) in [6, 6.07) is 9.22. The second kappa shape index (κ2) is 9.15. The van der Waals surface area contributed by atoms with Crippen LogP contribution >= 0.6 is 0 Å². The highest BCUT2D eigenvalue weighted by atomic mass is 15.2. The number of hydrogen-bond donors (Lipinski definition) is 2. The Labute approximate surface area is 125 Å². The van der Waals surface area contributed by atoms with Gasteiger partial charge in [-0.2, -0.15) is 0 Å². The van der Waals surface area contributed by atoms with E-state index < -0.39 is 0 Å². The predicted molar refractivity (Wildman–Crippen MR) is 88.4 cm³/mol. The molecule has 0 aliphatic carbocycles. The monoisotopic (exact) mass is 276 g/mol. The van der Waals surface area contributed by atoms with Gasteiger partial charge in [-0.1, -0.05) is 71.2 Å². The molecule has 0 aromatic heterocycles. The zero-order valence-corrected chi connectivity index (χ0v) is 13.7. The number of hydrazine groups is 1. The lowest BCUT2D eigenvalue weighted by molar-refractivity contribution is 0.326. The van der Waals surface area contributed by atoms with Crippen molar-refractivity contribution in [3.8, 4) is 0 Å². The first-order valence-electron chi connectivity index (χ1n) is 8.17. The Hall–Kier alpha value is -0.860. The van der Waals surface area contributed by atoms with Gasteiger partial charge in [0.05, 0.1) is 0 Å². The van der Waals surface area contributed by atoms with Crippen LogP contribution in [0, 0.1) is 11.8 Å². The molecule has 0 aliphatic rings. The van der Waals surface area contributed by atoms with Crippen molar-refractivity contribution in [1.82, 2.24) is 5.43 Å². The Balaban J connectivity index is 2.86. The Bertz CT molecular complexity index is 373. The molecule has 0 heterocycles. The molecule has 0 spiro atoms. The Morgan fingerprint density at radius 1 is 1.20 bits per heavy atom. The van der Waals surface area contributed by atoms with Crippen LogP contribution in [0.4, 0.5) is 0 Å². The summed E-state index contributed by atoms with van der Waals surface area (Å²) in [6.07, 6.45) is 6.08. The average Bonchev–Trinajstić information content (AvgIpc) is 2.43. The third-order valence-electron chi connectivity index (χ3n) is 4.06. The van der Waals surface area contributed by atoms with Gasteiger partial charge in [0.1, 0.15) is 0 Å². The first kappa shape index (κ1) is 17.2. The SMILES string of the molecule is CCCCC(CC)C(NN)c1cccc(CC(C)C)c1. The summed E-state index contributed by atoms with van der Waals surface area (Å²) in [6.45, 7) is 9.05. The van der Waals surface area contributed by atoms with E-state index in [4.69, 9.17) is 5.84 Å². The van der Waals surface area contributed by atoms with Gasteiger partial charge in [-0.15, -0.1) is 0 Å². The zero-order valence-electron chi connectivity index (χ0n) is 13.7. The van der Waals surface area contributed by atoms with Crippen LogP contribution in [0.2, 0.25) is 0 Å². The van der Waals surface area contributed by atoms with Crippen LogP contribution in [0.25, 0.3) is 0 Å². The lowest BCUT2D eigenvalue weighted by atomic mass is 9.86. The molecule has 2 heteroatoms. The maximum atomic E-state index is 5.85. The van der Waals surface area contributed by atoms with E-state index >= 15 is 0 Å². The predicted octanol–water partition coefficient (Wildman–Crippen LogP) is 4.61. The molecule has 0 aliphatic heterocycles. The third-order valence-corrected chi connectivity index (χ3v) is 4.06. The number of rotatable bonds is 9. The van der Waals surface area contributed by atoms with Crippen molar-refractivity contribution in [2.24, 2.45) is 17.7 Å². The molecule has 114 valence electrons. The second-order valence-corrected chi connectivity index (χ2v) is 6.30. The summed E-state index contributed by atoms with van der Waals surface area (Å²) in [7, 11) is 0. The summed E-state index contributed by atoms with van der Waals surface area (Å²) in [5.74, 6) is 7.17. The molecule has 2 atom stereocenters. The molecule has 2 unspecified atom stereocenters. The van der Waals surface area contributed by atoms with E-state index in [0.717, 1.165) is 6.42 Å². The number of hydrogen-bond acceptors (Lipinski definition) is 2. The molecule has 1 rings (SSSR count). The highest BCUT2D eigenvalue weighted by molar-refractivity contribution is 5.27. The van der Waals surface area contributed by atoms with Gasteiger partial charge in [0.25, 0.3) is 0 Å². The smallest absolute Gasteiger partial charge is 0.0488 e. The minimum atomic E-state index is 0.277. The lowest BCUT2D eigenvalue weighted by Gasteiger charge is -2.26. The van der Waals surface area contributed by atoms with Crippen molar-refractivity contribution >= 4 is 0 Å². The third kappa shape index (κ3) is 5.26. The highest BCUT2D eigenvalue weighted by Crippen LogP contribution is 2.29. The molecule has 0 fully saturated rings. The van der Waals surface area contributed by atoms with E-state index in [0.29, 0.717) is 11.8 Å². The Kier molecular flexibility index (Phi) is 7.86. The van der Waals surface area contributed by atoms with Gasteiger partial charge in [-0.3, -0.25) is 11.3 Å². The number of nitrogens with one attached hydrogen (secondary N) is 1. The molecular formula is C18H32N2. The van der Waals surface area contributed by atoms with Crippen molar-refractivity contribution in [3.05, 3.63) is 35.4 Å². The summed E-state index contributed by atoms with van der Waals surface area (Å²) in [4.78, 5) is 0. The molecule has 0 radical (unpaired) electrons. The van der Waals surface area contributed by atoms with Gasteiger partial charge in [-0.25, -0.2) is 0 Å². The van der Waals surface area contributed by atoms with Crippen molar-refractivity contribution in [2.45, 2.75) is 65.8 Å². The average molecular weight is 276 g/mol. The maximum Gasteiger partial charge on any atom is 0.0488 e. The normalized spacial score (nSPS) is 14.5. The number of unbranched alkanes of at least 4 members (excludes halogenated alkanes) is 1. The largest absolute Gasteiger partial charge is 0.271 e. The molecule has 1 aromatic rings. The zero-order chi connectivity index (χ0) is 15.0. The Morgan fingerprint density at radius 2 is 1.95 bits per heavy atom. The van der Waals surface area contributed by atoms with E-state index in [9.17, 15) is 0 Å². The Morgan fingerprint density at radius 3 is 2.50 bits per heavy atom. The summed E-state index contributed by atoms with van der Waals surface area (Å²) in [5, 5.41) is 0. The lowest BCUT2D eigenvalue weighted by Crippen LogP contribution is -2.33. The fourth-order valence-electron chi connectivity index (χ4n) is 2.96. The number of nitrogens with two attached hydrogens (primary N) is 1. The van der Waals surface area contributed by atoms with Gasteiger partial charge in [0.2, 0.25) is 0 Å². The number of benzene rings is 1. The van der Waals surface area contributed by atoms with Gasteiger partial charge >= 0.3 is 0 Å². The van der Waals surface area contributed by atoms with E-state index in [1.807, 2.05) is 0 Å². The van der Waals surface area contributed by atoms with Crippen molar-refractivity contribution in [2.75, 3.05) is 0 Å². The standard InChI is InChI=1S/C18H32N2/c1-5-7-10-16(6-2)18(20-19)17-11-8-9-15(13-17)12-14(3)4/h8-9,11,13-14,16,18,20H,5-7,10,12,19H2,1-4H3. The fourth-order valence-corrected chi connectivity index (χ4v) is 2.96. The van der Waals surface area contributed by atoms with E-state index in [1.54, 1.807) is 0 Å². The van der Waals surface area contributed by atoms with Gasteiger partial charge < -0.3 is 0 Å². The fraction of sp³-hybridized carbons (Fsp3) is 0.667. The molecule has 20 heavy (non-hydrogen) atoms. The van der Waals surface area contributed by atoms with E-state index in [1.165, 1.54) is 36.8 Å². The minimum absolute atomic E-state index is 0.277. The maximum absolute atomic E-state index is 5.85. The van der Waals surface area contributed by atoms with Crippen LogP contribution < -0.4 is 11.3 Å². The van der Waals surface area contributed by atoms with Crippen molar-refractivity contribution < 1.29 is 0 Å². The topological polar surface area (TPSA) is 38.0 Å². The first-order chi connectivity index (χ1) is 9.62. The van der Waals surface area contributed by atoms with Gasteiger partial charge in [0.15, 0.2) is 0 Å². The molecule has 2 nitrogen and oxygen atoms in total. The summed E-state index contributed by atoms with van der Waals surface area (Å²) < 4.78 is 0. The molecular weight excluding hydrogens is 244 g/mol. The summed E-state index contributed by atoms with van der Waals surface area (Å²) in [5.41, 5.74) is 5.82. The van der Waals surface area contributed by atoms with Crippen molar-refractivity contribution in [3.63, 3.8) is 0 Å². The van der Waals surface area contributed by atoms with Gasteiger partial charge in [0, 0.05) is 6.04 Å². The van der Waals surface area contributed by atoms with Gasteiger partial charge in [-0.05, 0) is 35.8 Å². The second-order valence-electron chi connectivity index (χ2n) is 6.30. The molecule has 1 aromatic carbocycles. The highest BCUT2D eigenvalue weighted by Gasteiger charge is 2.20. The van der Waals surface area contributed by atoms with Crippen molar-refractivity contribution in [1.29, 1.82) is 0 Å². The summed E-state index contributed by atoms with van der Waals surface area (Å²) >= 11 is 0.